The largest absolute Gasteiger partial charge is 0.392 e. The van der Waals surface area contributed by atoms with E-state index in [-0.39, 0.29) is 6.54 Å². The molecule has 1 heterocycles. The molecule has 0 bridgehead atoms. The fourth-order valence-corrected chi connectivity index (χ4v) is 2.19. The Bertz CT molecular complexity index is 511. The number of aliphatic hydroxyl groups excluding tert-OH is 1. The summed E-state index contributed by atoms with van der Waals surface area (Å²) in [5, 5.41) is 11.7. The molecular formula is C13H15F3N2O2. The Morgan fingerprint density at radius 2 is 2.10 bits per heavy atom. The summed E-state index contributed by atoms with van der Waals surface area (Å²) in [6, 6.07) is 1.72. The molecule has 1 aliphatic rings. The number of β-amino-alcohol motifs (C(OH)–C–C–N with tert-alkyl or cyclic N) is 1. The molecule has 1 amide bonds. The number of rotatable bonds is 3. The van der Waals surface area contributed by atoms with E-state index >= 15 is 0 Å². The minimum absolute atomic E-state index is 0.0322. The van der Waals surface area contributed by atoms with Crippen LogP contribution in [0, 0.1) is 17.5 Å². The first-order chi connectivity index (χ1) is 9.47. The molecule has 1 aliphatic heterocycles. The van der Waals surface area contributed by atoms with Crippen molar-refractivity contribution in [2.24, 2.45) is 0 Å². The van der Waals surface area contributed by atoms with Crippen molar-refractivity contribution in [1.29, 1.82) is 0 Å². The van der Waals surface area contributed by atoms with Gasteiger partial charge in [-0.2, -0.15) is 0 Å². The lowest BCUT2D eigenvalue weighted by Crippen LogP contribution is -2.42. The second-order valence-corrected chi connectivity index (χ2v) is 4.80. The second kappa shape index (κ2) is 6.23. The van der Waals surface area contributed by atoms with Gasteiger partial charge in [0, 0.05) is 6.54 Å². The highest BCUT2D eigenvalue weighted by Gasteiger charge is 2.21. The molecule has 7 heteroatoms. The number of aliphatic hydroxyl groups is 1. The number of carbonyl (C=O) groups is 1. The summed E-state index contributed by atoms with van der Waals surface area (Å²) in [5.41, 5.74) is -0.397. The maximum Gasteiger partial charge on any atom is 0.238 e. The molecule has 2 rings (SSSR count). The van der Waals surface area contributed by atoms with Gasteiger partial charge in [-0.3, -0.25) is 9.69 Å². The zero-order valence-electron chi connectivity index (χ0n) is 10.7. The highest BCUT2D eigenvalue weighted by Crippen LogP contribution is 2.19. The van der Waals surface area contributed by atoms with Crippen molar-refractivity contribution in [3.05, 3.63) is 29.6 Å². The Morgan fingerprint density at radius 1 is 1.35 bits per heavy atom. The van der Waals surface area contributed by atoms with Crippen LogP contribution in [0.25, 0.3) is 0 Å². The van der Waals surface area contributed by atoms with Crippen LogP contribution in [-0.2, 0) is 4.79 Å². The SMILES string of the molecule is O=C(CN1CCC[C@H](O)C1)Nc1ccc(F)c(F)c1F. The first-order valence-corrected chi connectivity index (χ1v) is 6.31. The third kappa shape index (κ3) is 3.49. The van der Waals surface area contributed by atoms with E-state index in [1.807, 2.05) is 0 Å². The Labute approximate surface area is 114 Å². The van der Waals surface area contributed by atoms with E-state index in [1.54, 1.807) is 4.90 Å². The highest BCUT2D eigenvalue weighted by atomic mass is 19.2. The van der Waals surface area contributed by atoms with E-state index < -0.39 is 35.2 Å². The molecule has 0 aromatic heterocycles. The zero-order chi connectivity index (χ0) is 14.7. The van der Waals surface area contributed by atoms with Gasteiger partial charge >= 0.3 is 0 Å². The lowest BCUT2D eigenvalue weighted by Gasteiger charge is -2.29. The molecule has 2 N–H and O–H groups in total. The average Bonchev–Trinajstić information content (AvgIpc) is 2.39. The number of hydrogen-bond acceptors (Lipinski definition) is 3. The van der Waals surface area contributed by atoms with Gasteiger partial charge in [0.05, 0.1) is 18.3 Å². The monoisotopic (exact) mass is 288 g/mol. The number of carbonyl (C=O) groups excluding carboxylic acids is 1. The van der Waals surface area contributed by atoms with Crippen molar-refractivity contribution in [3.63, 3.8) is 0 Å². The predicted molar refractivity (Wildman–Crippen MR) is 66.6 cm³/mol. The summed E-state index contributed by atoms with van der Waals surface area (Å²) < 4.78 is 39.1. The van der Waals surface area contributed by atoms with Crippen molar-refractivity contribution >= 4 is 11.6 Å². The summed E-state index contributed by atoms with van der Waals surface area (Å²) in [6.45, 7) is 0.994. The number of likely N-dealkylation sites (tertiary alicyclic amines) is 1. The molecule has 1 saturated heterocycles. The normalized spacial score (nSPS) is 19.9. The number of benzene rings is 1. The van der Waals surface area contributed by atoms with Gasteiger partial charge in [0.2, 0.25) is 5.91 Å². The number of anilines is 1. The molecule has 1 fully saturated rings. The molecule has 4 nitrogen and oxygen atoms in total. The Hall–Kier alpha value is -1.60. The molecule has 0 radical (unpaired) electrons. The minimum atomic E-state index is -1.61. The molecule has 0 spiro atoms. The van der Waals surface area contributed by atoms with E-state index in [0.717, 1.165) is 18.6 Å². The molecule has 0 aliphatic carbocycles. The topological polar surface area (TPSA) is 52.6 Å². The molecule has 110 valence electrons. The second-order valence-electron chi connectivity index (χ2n) is 4.80. The lowest BCUT2D eigenvalue weighted by atomic mass is 10.1. The maximum atomic E-state index is 13.4. The van der Waals surface area contributed by atoms with Gasteiger partial charge in [-0.05, 0) is 31.5 Å². The molecule has 1 atom stereocenters. The maximum absolute atomic E-state index is 13.4. The van der Waals surface area contributed by atoms with Crippen LogP contribution in [0.4, 0.5) is 18.9 Å². The van der Waals surface area contributed by atoms with Crippen LogP contribution >= 0.6 is 0 Å². The summed E-state index contributed by atoms with van der Waals surface area (Å²) >= 11 is 0. The van der Waals surface area contributed by atoms with E-state index in [4.69, 9.17) is 0 Å². The molecule has 1 aromatic rings. The van der Waals surface area contributed by atoms with Crippen molar-refractivity contribution in [2.45, 2.75) is 18.9 Å². The average molecular weight is 288 g/mol. The number of nitrogens with one attached hydrogen (secondary N) is 1. The van der Waals surface area contributed by atoms with Crippen LogP contribution in [0.3, 0.4) is 0 Å². The van der Waals surface area contributed by atoms with E-state index in [0.29, 0.717) is 19.5 Å². The first-order valence-electron chi connectivity index (χ1n) is 6.31. The van der Waals surface area contributed by atoms with Crippen molar-refractivity contribution < 1.29 is 23.1 Å². The smallest absolute Gasteiger partial charge is 0.238 e. The third-order valence-corrected chi connectivity index (χ3v) is 3.16. The molecular weight excluding hydrogens is 273 g/mol. The van der Waals surface area contributed by atoms with E-state index in [9.17, 15) is 23.1 Å². The van der Waals surface area contributed by atoms with Crippen molar-refractivity contribution in [2.75, 3.05) is 25.0 Å². The first kappa shape index (κ1) is 14.8. The highest BCUT2D eigenvalue weighted by molar-refractivity contribution is 5.92. The molecule has 20 heavy (non-hydrogen) atoms. The van der Waals surface area contributed by atoms with Crippen molar-refractivity contribution in [1.82, 2.24) is 4.90 Å². The molecule has 0 saturated carbocycles. The zero-order valence-corrected chi connectivity index (χ0v) is 10.7. The Kier molecular flexibility index (Phi) is 4.61. The summed E-state index contributed by atoms with van der Waals surface area (Å²) in [5.74, 6) is -4.88. The van der Waals surface area contributed by atoms with Crippen LogP contribution in [-0.4, -0.2) is 41.7 Å². The quantitative estimate of drug-likeness (QED) is 0.829. The standard InChI is InChI=1S/C13H15F3N2O2/c14-9-3-4-10(13(16)12(9)15)17-11(20)7-18-5-1-2-8(19)6-18/h3-4,8,19H,1-2,5-7H2,(H,17,20)/t8-/m0/s1. The Morgan fingerprint density at radius 3 is 2.80 bits per heavy atom. The molecule has 0 unspecified atom stereocenters. The number of amides is 1. The van der Waals surface area contributed by atoms with Crippen LogP contribution < -0.4 is 5.32 Å². The Balaban J connectivity index is 1.96. The van der Waals surface area contributed by atoms with Gasteiger partial charge in [-0.15, -0.1) is 0 Å². The van der Waals surface area contributed by atoms with Gasteiger partial charge in [0.25, 0.3) is 0 Å². The molecule has 1 aromatic carbocycles. The number of piperidine rings is 1. The number of halogens is 3. The van der Waals surface area contributed by atoms with Gasteiger partial charge in [-0.1, -0.05) is 0 Å². The summed E-state index contributed by atoms with van der Waals surface area (Å²) in [6.07, 6.45) is 0.987. The minimum Gasteiger partial charge on any atom is -0.392 e. The van der Waals surface area contributed by atoms with E-state index in [2.05, 4.69) is 5.32 Å². The number of nitrogens with zero attached hydrogens (tertiary/aromatic N) is 1. The predicted octanol–water partition coefficient (Wildman–Crippen LogP) is 1.50. The van der Waals surface area contributed by atoms with Crippen LogP contribution in [0.2, 0.25) is 0 Å². The summed E-state index contributed by atoms with van der Waals surface area (Å²) in [7, 11) is 0. The van der Waals surface area contributed by atoms with Gasteiger partial charge in [-0.25, -0.2) is 13.2 Å². The number of hydrogen-bond donors (Lipinski definition) is 2. The lowest BCUT2D eigenvalue weighted by molar-refractivity contribution is -0.118. The van der Waals surface area contributed by atoms with Crippen LogP contribution in [0.5, 0.6) is 0 Å². The van der Waals surface area contributed by atoms with Crippen molar-refractivity contribution in [3.8, 4) is 0 Å². The van der Waals surface area contributed by atoms with Gasteiger partial charge in [0.15, 0.2) is 17.5 Å². The fraction of sp³-hybridized carbons (Fsp3) is 0.462. The van der Waals surface area contributed by atoms with Gasteiger partial charge in [0.1, 0.15) is 0 Å². The fourth-order valence-electron chi connectivity index (χ4n) is 2.19. The van der Waals surface area contributed by atoms with Crippen LogP contribution in [0.15, 0.2) is 12.1 Å². The third-order valence-electron chi connectivity index (χ3n) is 3.16. The van der Waals surface area contributed by atoms with Crippen LogP contribution in [0.1, 0.15) is 12.8 Å². The summed E-state index contributed by atoms with van der Waals surface area (Å²) in [4.78, 5) is 13.4. The van der Waals surface area contributed by atoms with Gasteiger partial charge < -0.3 is 10.4 Å². The van der Waals surface area contributed by atoms with E-state index in [1.165, 1.54) is 0 Å².